The summed E-state index contributed by atoms with van der Waals surface area (Å²) in [5.41, 5.74) is 1.83. The van der Waals surface area contributed by atoms with Crippen molar-refractivity contribution in [2.45, 2.75) is 0 Å². The van der Waals surface area contributed by atoms with Crippen LogP contribution in [0.1, 0.15) is 11.1 Å². The summed E-state index contributed by atoms with van der Waals surface area (Å²) < 4.78 is 19.7. The molecular weight excluding hydrogens is 392 g/mol. The van der Waals surface area contributed by atoms with Crippen LogP contribution in [0.15, 0.2) is 55.1 Å². The minimum Gasteiger partial charge on any atom is -0.488 e. The second-order valence-electron chi connectivity index (χ2n) is 4.47. The first-order valence-corrected chi connectivity index (χ1v) is 7.63. The van der Waals surface area contributed by atoms with Crippen LogP contribution in [0.25, 0.3) is 11.6 Å². The fourth-order valence-corrected chi connectivity index (χ4v) is 2.57. The van der Waals surface area contributed by atoms with E-state index in [-0.39, 0.29) is 5.82 Å². The van der Waals surface area contributed by atoms with E-state index < -0.39 is 0 Å². The number of allylic oxidation sites excluding steroid dienone is 1. The number of ether oxygens (including phenoxy) is 1. The maximum Gasteiger partial charge on any atom is 0.133 e. The lowest BCUT2D eigenvalue weighted by molar-refractivity contribution is 0.360. The van der Waals surface area contributed by atoms with Gasteiger partial charge in [0.15, 0.2) is 0 Å². The van der Waals surface area contributed by atoms with Gasteiger partial charge in [-0.15, -0.1) is 0 Å². The van der Waals surface area contributed by atoms with Crippen molar-refractivity contribution in [1.29, 1.82) is 5.26 Å². The predicted molar refractivity (Wildman–Crippen MR) is 94.7 cm³/mol. The molecule has 0 fully saturated rings. The van der Waals surface area contributed by atoms with Gasteiger partial charge in [0.1, 0.15) is 18.2 Å². The molecule has 0 radical (unpaired) electrons. The van der Waals surface area contributed by atoms with E-state index in [4.69, 9.17) is 4.74 Å². The SMILES string of the molecule is C=CCOc1ccc(/C=C(/C#N)c2cccc(F)c2)cc1I. The molecule has 0 spiro atoms. The van der Waals surface area contributed by atoms with Crippen molar-refractivity contribution in [2.24, 2.45) is 0 Å². The lowest BCUT2D eigenvalue weighted by Gasteiger charge is -2.07. The molecule has 0 atom stereocenters. The fourth-order valence-electron chi connectivity index (χ4n) is 1.88. The molecule has 4 heteroatoms. The van der Waals surface area contributed by atoms with E-state index in [1.807, 2.05) is 18.2 Å². The highest BCUT2D eigenvalue weighted by atomic mass is 127. The second-order valence-corrected chi connectivity index (χ2v) is 5.63. The van der Waals surface area contributed by atoms with Crippen LogP contribution in [-0.2, 0) is 0 Å². The van der Waals surface area contributed by atoms with Gasteiger partial charge in [-0.1, -0.05) is 30.9 Å². The molecule has 2 rings (SSSR count). The van der Waals surface area contributed by atoms with Crippen LogP contribution in [0.5, 0.6) is 5.75 Å². The van der Waals surface area contributed by atoms with Gasteiger partial charge in [0.25, 0.3) is 0 Å². The van der Waals surface area contributed by atoms with Crippen LogP contribution in [-0.4, -0.2) is 6.61 Å². The van der Waals surface area contributed by atoms with Crippen LogP contribution < -0.4 is 4.74 Å². The summed E-state index contributed by atoms with van der Waals surface area (Å²) in [6.45, 7) is 4.05. The Kier molecular flexibility index (Phi) is 5.73. The molecule has 0 aliphatic heterocycles. The van der Waals surface area contributed by atoms with Crippen LogP contribution >= 0.6 is 22.6 Å². The summed E-state index contributed by atoms with van der Waals surface area (Å²) in [5.74, 6) is 0.406. The summed E-state index contributed by atoms with van der Waals surface area (Å²) in [4.78, 5) is 0. The highest BCUT2D eigenvalue weighted by Crippen LogP contribution is 2.25. The van der Waals surface area contributed by atoms with Gasteiger partial charge in [-0.25, -0.2) is 4.39 Å². The predicted octanol–water partition coefficient (Wildman–Crippen LogP) is 5.06. The highest BCUT2D eigenvalue weighted by molar-refractivity contribution is 14.1. The first-order chi connectivity index (χ1) is 10.6. The summed E-state index contributed by atoms with van der Waals surface area (Å²) in [5, 5.41) is 9.29. The van der Waals surface area contributed by atoms with E-state index in [0.29, 0.717) is 17.7 Å². The zero-order chi connectivity index (χ0) is 15.9. The molecule has 2 nitrogen and oxygen atoms in total. The van der Waals surface area contributed by atoms with E-state index in [2.05, 4.69) is 35.2 Å². The summed E-state index contributed by atoms with van der Waals surface area (Å²) in [7, 11) is 0. The zero-order valence-electron chi connectivity index (χ0n) is 11.7. The van der Waals surface area contributed by atoms with Crippen LogP contribution in [0, 0.1) is 20.7 Å². The molecular formula is C18H13FINO. The maximum atomic E-state index is 13.3. The van der Waals surface area contributed by atoms with Gasteiger partial charge in [0.05, 0.1) is 15.2 Å². The number of hydrogen-bond donors (Lipinski definition) is 0. The van der Waals surface area contributed by atoms with Gasteiger partial charge in [-0.05, 0) is 64.1 Å². The third kappa shape index (κ3) is 4.18. The molecule has 0 aliphatic carbocycles. The molecule has 0 heterocycles. The van der Waals surface area contributed by atoms with Crippen molar-refractivity contribution >= 4 is 34.2 Å². The molecule has 0 aromatic heterocycles. The third-order valence-corrected chi connectivity index (χ3v) is 3.72. The average Bonchev–Trinajstić information content (AvgIpc) is 2.51. The molecule has 0 bridgehead atoms. The quantitative estimate of drug-likeness (QED) is 0.302. The third-order valence-electron chi connectivity index (χ3n) is 2.88. The van der Waals surface area contributed by atoms with Crippen LogP contribution in [0.4, 0.5) is 4.39 Å². The first-order valence-electron chi connectivity index (χ1n) is 6.55. The van der Waals surface area contributed by atoms with Gasteiger partial charge < -0.3 is 4.74 Å². The number of nitriles is 1. The molecule has 0 aliphatic rings. The van der Waals surface area contributed by atoms with E-state index in [9.17, 15) is 9.65 Å². The van der Waals surface area contributed by atoms with Crippen molar-refractivity contribution < 1.29 is 9.13 Å². The minimum absolute atomic E-state index is 0.360. The lowest BCUT2D eigenvalue weighted by Crippen LogP contribution is -1.95. The molecule has 0 amide bonds. The maximum absolute atomic E-state index is 13.3. The van der Waals surface area contributed by atoms with E-state index >= 15 is 0 Å². The van der Waals surface area contributed by atoms with Crippen molar-refractivity contribution in [3.8, 4) is 11.8 Å². The van der Waals surface area contributed by atoms with Gasteiger partial charge in [-0.3, -0.25) is 0 Å². The molecule has 0 N–H and O–H groups in total. The number of hydrogen-bond acceptors (Lipinski definition) is 2. The summed E-state index contributed by atoms with van der Waals surface area (Å²) in [6, 6.07) is 13.7. The van der Waals surface area contributed by atoms with Crippen molar-refractivity contribution in [3.05, 3.63) is 75.6 Å². The molecule has 0 saturated heterocycles. The monoisotopic (exact) mass is 405 g/mol. The smallest absolute Gasteiger partial charge is 0.133 e. The standard InChI is InChI=1S/C18H13FINO/c1-2-8-22-18-7-6-13(10-17(18)20)9-15(12-21)14-4-3-5-16(19)11-14/h2-7,9-11H,1,8H2/b15-9-. The van der Waals surface area contributed by atoms with Crippen molar-refractivity contribution in [3.63, 3.8) is 0 Å². The Hall–Kier alpha value is -2.13. The molecule has 110 valence electrons. The largest absolute Gasteiger partial charge is 0.488 e. The first kappa shape index (κ1) is 16.2. The Balaban J connectivity index is 2.32. The molecule has 2 aromatic rings. The summed E-state index contributed by atoms with van der Waals surface area (Å²) in [6.07, 6.45) is 3.41. The van der Waals surface area contributed by atoms with E-state index in [0.717, 1.165) is 14.9 Å². The Morgan fingerprint density at radius 3 is 2.77 bits per heavy atom. The lowest BCUT2D eigenvalue weighted by atomic mass is 10.0. The topological polar surface area (TPSA) is 33.0 Å². The molecule has 22 heavy (non-hydrogen) atoms. The van der Waals surface area contributed by atoms with Gasteiger partial charge in [0.2, 0.25) is 0 Å². The second kappa shape index (κ2) is 7.76. The van der Waals surface area contributed by atoms with Gasteiger partial charge in [0, 0.05) is 0 Å². The van der Waals surface area contributed by atoms with Crippen molar-refractivity contribution in [1.82, 2.24) is 0 Å². The Labute approximate surface area is 142 Å². The molecule has 0 unspecified atom stereocenters. The van der Waals surface area contributed by atoms with Gasteiger partial charge in [-0.2, -0.15) is 5.26 Å². The normalized spacial score (nSPS) is 10.9. The van der Waals surface area contributed by atoms with Crippen molar-refractivity contribution in [2.75, 3.05) is 6.61 Å². The Morgan fingerprint density at radius 1 is 1.32 bits per heavy atom. The summed E-state index contributed by atoms with van der Waals surface area (Å²) >= 11 is 2.17. The average molecular weight is 405 g/mol. The molecule has 2 aromatic carbocycles. The van der Waals surface area contributed by atoms with E-state index in [1.54, 1.807) is 24.3 Å². The Bertz CT molecular complexity index is 762. The van der Waals surface area contributed by atoms with E-state index in [1.165, 1.54) is 12.1 Å². The van der Waals surface area contributed by atoms with Crippen LogP contribution in [0.2, 0.25) is 0 Å². The zero-order valence-corrected chi connectivity index (χ0v) is 13.9. The highest BCUT2D eigenvalue weighted by Gasteiger charge is 2.05. The number of benzene rings is 2. The minimum atomic E-state index is -0.360. The number of rotatable bonds is 5. The number of nitrogens with zero attached hydrogens (tertiary/aromatic N) is 1. The molecule has 0 saturated carbocycles. The van der Waals surface area contributed by atoms with Gasteiger partial charge >= 0.3 is 0 Å². The number of halogens is 2. The Morgan fingerprint density at radius 2 is 2.14 bits per heavy atom. The van der Waals surface area contributed by atoms with Crippen LogP contribution in [0.3, 0.4) is 0 Å². The fraction of sp³-hybridized carbons (Fsp3) is 0.0556.